The van der Waals surface area contributed by atoms with Crippen molar-refractivity contribution in [2.75, 3.05) is 27.6 Å². The van der Waals surface area contributed by atoms with Crippen molar-refractivity contribution in [3.63, 3.8) is 0 Å². The number of fused-ring (bicyclic) bond motifs is 4. The third-order valence-corrected chi connectivity index (χ3v) is 9.81. The van der Waals surface area contributed by atoms with Gasteiger partial charge in [0.2, 0.25) is 0 Å². The van der Waals surface area contributed by atoms with Crippen molar-refractivity contribution in [1.29, 1.82) is 0 Å². The molecule has 1 unspecified atom stereocenters. The Morgan fingerprint density at radius 3 is 2.68 bits per heavy atom. The van der Waals surface area contributed by atoms with Crippen molar-refractivity contribution in [3.8, 4) is 0 Å². The summed E-state index contributed by atoms with van der Waals surface area (Å²) in [6, 6.07) is 0. The highest BCUT2D eigenvalue weighted by atomic mass is 16.7. The molecule has 1 heterocycles. The van der Waals surface area contributed by atoms with E-state index in [1.54, 1.807) is 7.11 Å². The van der Waals surface area contributed by atoms with Gasteiger partial charge in [0, 0.05) is 20.1 Å². The standard InChI is InChI=1S/C23H36O5/c1-22-8-6-15(28-13-25-2)10-19(22)20(26-3)11-16-17(22)7-9-23-14(4-5-18(16)23)12-27-21(23)24/h14-20H,4-13H2,1-3H3/t14-,15-,16-,17+,18+,19-,20?,22-,23+/m1/s1. The molecule has 1 spiro atoms. The molecular formula is C23H36O5. The Kier molecular flexibility index (Phi) is 4.80. The van der Waals surface area contributed by atoms with Crippen molar-refractivity contribution >= 4 is 5.97 Å². The highest BCUT2D eigenvalue weighted by Crippen LogP contribution is 2.69. The predicted molar refractivity (Wildman–Crippen MR) is 103 cm³/mol. The monoisotopic (exact) mass is 392 g/mol. The molecule has 4 aliphatic carbocycles. The number of carbonyl (C=O) groups is 1. The van der Waals surface area contributed by atoms with Gasteiger partial charge < -0.3 is 18.9 Å². The predicted octanol–water partition coefficient (Wildman–Crippen LogP) is 3.80. The van der Waals surface area contributed by atoms with Gasteiger partial charge in [0.25, 0.3) is 0 Å². The van der Waals surface area contributed by atoms with Gasteiger partial charge >= 0.3 is 5.97 Å². The first kappa shape index (κ1) is 19.3. The molecule has 1 aliphatic heterocycles. The Morgan fingerprint density at radius 1 is 1.04 bits per heavy atom. The Morgan fingerprint density at radius 2 is 1.89 bits per heavy atom. The van der Waals surface area contributed by atoms with Crippen molar-refractivity contribution in [3.05, 3.63) is 0 Å². The quantitative estimate of drug-likeness (QED) is 0.538. The van der Waals surface area contributed by atoms with E-state index in [0.717, 1.165) is 25.7 Å². The van der Waals surface area contributed by atoms with Crippen LogP contribution in [0, 0.1) is 40.4 Å². The van der Waals surface area contributed by atoms with Crippen LogP contribution in [0.4, 0.5) is 0 Å². The fourth-order valence-electron chi connectivity index (χ4n) is 8.56. The van der Waals surface area contributed by atoms with Crippen LogP contribution in [0.15, 0.2) is 0 Å². The third kappa shape index (κ3) is 2.51. The molecule has 0 aromatic rings. The van der Waals surface area contributed by atoms with Crippen molar-refractivity contribution < 1.29 is 23.7 Å². The number of rotatable bonds is 4. The lowest BCUT2D eigenvalue weighted by atomic mass is 9.44. The molecular weight excluding hydrogens is 356 g/mol. The summed E-state index contributed by atoms with van der Waals surface area (Å²) < 4.78 is 22.8. The molecule has 4 saturated carbocycles. The first-order chi connectivity index (χ1) is 13.5. The smallest absolute Gasteiger partial charge is 0.312 e. The molecule has 0 bridgehead atoms. The number of methoxy groups -OCH3 is 2. The van der Waals surface area contributed by atoms with E-state index in [2.05, 4.69) is 6.92 Å². The van der Waals surface area contributed by atoms with Gasteiger partial charge in [-0.2, -0.15) is 0 Å². The van der Waals surface area contributed by atoms with Crippen molar-refractivity contribution in [2.45, 2.75) is 70.5 Å². The molecule has 5 rings (SSSR count). The van der Waals surface area contributed by atoms with Crippen LogP contribution in [0.5, 0.6) is 0 Å². The number of hydrogen-bond acceptors (Lipinski definition) is 5. The zero-order chi connectivity index (χ0) is 19.5. The van der Waals surface area contributed by atoms with Crippen LogP contribution < -0.4 is 0 Å². The number of hydrogen-bond donors (Lipinski definition) is 0. The summed E-state index contributed by atoms with van der Waals surface area (Å²) in [7, 11) is 3.57. The summed E-state index contributed by atoms with van der Waals surface area (Å²) >= 11 is 0. The van der Waals surface area contributed by atoms with Crippen LogP contribution >= 0.6 is 0 Å². The second-order valence-electron chi connectivity index (χ2n) is 10.4. The maximum Gasteiger partial charge on any atom is 0.312 e. The molecule has 9 atom stereocenters. The second kappa shape index (κ2) is 6.95. The molecule has 5 fully saturated rings. The molecule has 0 aromatic heterocycles. The molecule has 0 radical (unpaired) electrons. The molecule has 5 aliphatic rings. The van der Waals surface area contributed by atoms with Crippen LogP contribution in [0.2, 0.25) is 0 Å². The maximum atomic E-state index is 12.9. The van der Waals surface area contributed by atoms with E-state index in [1.807, 2.05) is 7.11 Å². The van der Waals surface area contributed by atoms with Gasteiger partial charge in [-0.05, 0) is 80.5 Å². The Hall–Kier alpha value is -0.650. The highest BCUT2D eigenvalue weighted by Gasteiger charge is 2.68. The summed E-state index contributed by atoms with van der Waals surface area (Å²) in [5.74, 6) is 2.94. The van der Waals surface area contributed by atoms with Crippen LogP contribution in [0.1, 0.15) is 58.3 Å². The van der Waals surface area contributed by atoms with Gasteiger partial charge in [0.1, 0.15) is 6.79 Å². The van der Waals surface area contributed by atoms with Crippen LogP contribution in [-0.2, 0) is 23.7 Å². The minimum absolute atomic E-state index is 0.122. The fourth-order valence-corrected chi connectivity index (χ4v) is 8.56. The second-order valence-corrected chi connectivity index (χ2v) is 10.4. The van der Waals surface area contributed by atoms with Gasteiger partial charge in [0.05, 0.1) is 24.2 Å². The van der Waals surface area contributed by atoms with E-state index in [1.165, 1.54) is 25.7 Å². The van der Waals surface area contributed by atoms with Gasteiger partial charge in [-0.25, -0.2) is 0 Å². The largest absolute Gasteiger partial charge is 0.465 e. The van der Waals surface area contributed by atoms with E-state index in [-0.39, 0.29) is 23.6 Å². The summed E-state index contributed by atoms with van der Waals surface area (Å²) in [6.07, 6.45) is 9.63. The van der Waals surface area contributed by atoms with E-state index in [4.69, 9.17) is 18.9 Å². The third-order valence-electron chi connectivity index (χ3n) is 9.81. The zero-order valence-electron chi connectivity index (χ0n) is 17.7. The maximum absolute atomic E-state index is 12.9. The van der Waals surface area contributed by atoms with E-state index in [9.17, 15) is 4.79 Å². The van der Waals surface area contributed by atoms with Gasteiger partial charge in [0.15, 0.2) is 0 Å². The lowest BCUT2D eigenvalue weighted by Gasteiger charge is -2.62. The first-order valence-corrected chi connectivity index (χ1v) is 11.3. The Labute approximate surface area is 168 Å². The topological polar surface area (TPSA) is 54.0 Å². The lowest BCUT2D eigenvalue weighted by molar-refractivity contribution is -0.195. The number of carbonyl (C=O) groups excluding carboxylic acids is 1. The molecule has 5 heteroatoms. The van der Waals surface area contributed by atoms with Gasteiger partial charge in [-0.1, -0.05) is 6.92 Å². The molecule has 5 nitrogen and oxygen atoms in total. The Balaban J connectivity index is 1.43. The number of esters is 1. The minimum Gasteiger partial charge on any atom is -0.465 e. The van der Waals surface area contributed by atoms with Crippen LogP contribution in [0.3, 0.4) is 0 Å². The number of cyclic esters (lactones) is 1. The molecule has 1 saturated heterocycles. The van der Waals surface area contributed by atoms with Crippen molar-refractivity contribution in [1.82, 2.24) is 0 Å². The molecule has 28 heavy (non-hydrogen) atoms. The van der Waals surface area contributed by atoms with E-state index >= 15 is 0 Å². The van der Waals surface area contributed by atoms with E-state index < -0.39 is 0 Å². The van der Waals surface area contributed by atoms with Crippen LogP contribution in [-0.4, -0.2) is 45.8 Å². The fraction of sp³-hybridized carbons (Fsp3) is 0.957. The summed E-state index contributed by atoms with van der Waals surface area (Å²) in [5, 5.41) is 0. The summed E-state index contributed by atoms with van der Waals surface area (Å²) in [4.78, 5) is 12.9. The average molecular weight is 393 g/mol. The molecule has 158 valence electrons. The molecule has 0 aromatic carbocycles. The van der Waals surface area contributed by atoms with E-state index in [0.29, 0.717) is 48.4 Å². The Bertz CT molecular complexity index is 622. The van der Waals surface area contributed by atoms with Crippen molar-refractivity contribution in [2.24, 2.45) is 40.4 Å². The normalized spacial score (nSPS) is 52.4. The molecule has 0 N–H and O–H groups in total. The first-order valence-electron chi connectivity index (χ1n) is 11.3. The lowest BCUT2D eigenvalue weighted by Crippen LogP contribution is -2.59. The van der Waals surface area contributed by atoms with Crippen LogP contribution in [0.25, 0.3) is 0 Å². The summed E-state index contributed by atoms with van der Waals surface area (Å²) in [5.41, 5.74) is 0.125. The SMILES string of the molecule is COCO[C@@H]1CC[C@@]2(C)[C@H](C1)C(OC)C[C@@H]1[C@@H]2CC[C@]23C(=O)OC[C@H]2CC[C@@H]13. The average Bonchev–Trinajstić information content (AvgIpc) is 3.23. The minimum atomic E-state index is -0.165. The molecule has 0 amide bonds. The number of ether oxygens (including phenoxy) is 4. The zero-order valence-corrected chi connectivity index (χ0v) is 17.7. The highest BCUT2D eigenvalue weighted by molar-refractivity contribution is 5.80. The summed E-state index contributed by atoms with van der Waals surface area (Å²) in [6.45, 7) is 3.56. The van der Waals surface area contributed by atoms with Gasteiger partial charge in [-0.15, -0.1) is 0 Å². The van der Waals surface area contributed by atoms with Gasteiger partial charge in [-0.3, -0.25) is 4.79 Å².